The molecule has 1 aliphatic heterocycles. The van der Waals surface area contributed by atoms with Gasteiger partial charge in [0.15, 0.2) is 0 Å². The average molecular weight is 460 g/mol. The summed E-state index contributed by atoms with van der Waals surface area (Å²) >= 11 is 0. The summed E-state index contributed by atoms with van der Waals surface area (Å²) in [4.78, 5) is -7.76. The van der Waals surface area contributed by atoms with E-state index in [4.69, 9.17) is 0 Å². The number of hydrogen-bond acceptors (Lipinski definition) is 2. The Bertz CT molecular complexity index is 612. The summed E-state index contributed by atoms with van der Waals surface area (Å²) < 4.78 is 218. The third kappa shape index (κ3) is 3.19. The molecule has 1 saturated heterocycles. The van der Waals surface area contributed by atoms with Crippen molar-refractivity contribution in [3.05, 3.63) is 12.0 Å². The Labute approximate surface area is 140 Å². The molecule has 1 heterocycles. The molecule has 1 fully saturated rings. The third-order valence-corrected chi connectivity index (χ3v) is 2.97. The Balaban J connectivity index is 3.89. The first-order valence-corrected chi connectivity index (χ1v) is 5.88. The molecule has 0 unspecified atom stereocenters. The summed E-state index contributed by atoms with van der Waals surface area (Å²) in [6.45, 7) is 0. The predicted octanol–water partition coefficient (Wildman–Crippen LogP) is 5.50. The highest BCUT2D eigenvalue weighted by molar-refractivity contribution is 5.13. The molecule has 1 rings (SSSR count). The molecule has 0 radical (unpaired) electrons. The normalized spacial score (nSPS) is 25.8. The van der Waals surface area contributed by atoms with Gasteiger partial charge in [-0.15, -0.1) is 0 Å². The van der Waals surface area contributed by atoms with Crippen LogP contribution in [0.3, 0.4) is 0 Å². The Kier molecular flexibility index (Phi) is 5.14. The molecule has 19 heteroatoms. The van der Waals surface area contributed by atoms with E-state index in [-0.39, 0.29) is 0 Å². The summed E-state index contributed by atoms with van der Waals surface area (Å²) in [5, 5.41) is 0. The summed E-state index contributed by atoms with van der Waals surface area (Å²) in [5.74, 6) is -4.23. The molecule has 0 saturated carbocycles. The Morgan fingerprint density at radius 3 is 1.18 bits per heavy atom. The second-order valence-electron chi connectivity index (χ2n) is 4.88. The molecule has 0 amide bonds. The van der Waals surface area contributed by atoms with E-state index in [1.807, 2.05) is 0 Å². The van der Waals surface area contributed by atoms with Crippen LogP contribution in [0.4, 0.5) is 74.6 Å². The van der Waals surface area contributed by atoms with Crippen LogP contribution in [-0.4, -0.2) is 52.4 Å². The summed E-state index contributed by atoms with van der Waals surface area (Å²) in [5.41, 5.74) is 0. The highest BCUT2D eigenvalue weighted by Gasteiger charge is 2.92. The molecular weight excluding hydrogens is 459 g/mol. The fourth-order valence-corrected chi connectivity index (χ4v) is 1.84. The first kappa shape index (κ1) is 24.3. The van der Waals surface area contributed by atoms with Crippen LogP contribution in [0, 0.1) is 0 Å². The molecule has 1 aliphatic rings. The van der Waals surface area contributed by atoms with Crippen LogP contribution in [0.2, 0.25) is 0 Å². The number of nitrogens with zero attached hydrogens (tertiary/aromatic N) is 2. The standard InChI is InChI=1S/C9HF17N2/c10-2(1-3(11,12)13)27-6(19,20)8(23,24)28(5(17,18)4(14,15)16)9(25,26)7(27,21)22/h1H/b2-1-. The van der Waals surface area contributed by atoms with Gasteiger partial charge in [-0.1, -0.05) is 4.90 Å². The second kappa shape index (κ2) is 5.91. The Morgan fingerprint density at radius 1 is 0.607 bits per heavy atom. The van der Waals surface area contributed by atoms with Gasteiger partial charge < -0.3 is 0 Å². The smallest absolute Gasteiger partial charge is 0.215 e. The van der Waals surface area contributed by atoms with Crippen molar-refractivity contribution in [1.29, 1.82) is 0 Å². The van der Waals surface area contributed by atoms with Gasteiger partial charge in [-0.05, 0) is 0 Å². The molecule has 0 aromatic heterocycles. The molecule has 0 aromatic carbocycles. The second-order valence-corrected chi connectivity index (χ2v) is 4.88. The molecule has 166 valence electrons. The van der Waals surface area contributed by atoms with Crippen LogP contribution in [0.15, 0.2) is 12.0 Å². The van der Waals surface area contributed by atoms with Gasteiger partial charge in [-0.3, -0.25) is 0 Å². The minimum Gasteiger partial charge on any atom is -0.215 e. The highest BCUT2D eigenvalue weighted by atomic mass is 19.4. The van der Waals surface area contributed by atoms with E-state index >= 15 is 0 Å². The van der Waals surface area contributed by atoms with Gasteiger partial charge in [0.25, 0.3) is 0 Å². The van der Waals surface area contributed by atoms with E-state index in [0.717, 1.165) is 0 Å². The van der Waals surface area contributed by atoms with Crippen molar-refractivity contribution in [1.82, 2.24) is 9.80 Å². The Hall–Kier alpha value is -1.69. The van der Waals surface area contributed by atoms with Crippen LogP contribution < -0.4 is 0 Å². The largest absolute Gasteiger partial charge is 0.469 e. The molecule has 0 atom stereocenters. The molecule has 2 nitrogen and oxygen atoms in total. The number of alkyl halides is 16. The lowest BCUT2D eigenvalue weighted by atomic mass is 10.1. The van der Waals surface area contributed by atoms with Gasteiger partial charge >= 0.3 is 42.6 Å². The number of halogens is 17. The zero-order valence-electron chi connectivity index (χ0n) is 11.9. The van der Waals surface area contributed by atoms with Crippen molar-refractivity contribution >= 4 is 0 Å². The quantitative estimate of drug-likeness (QED) is 0.397. The number of piperazine rings is 1. The van der Waals surface area contributed by atoms with Gasteiger partial charge in [0, 0.05) is 0 Å². The van der Waals surface area contributed by atoms with Crippen molar-refractivity contribution in [2.24, 2.45) is 0 Å². The van der Waals surface area contributed by atoms with Crippen molar-refractivity contribution in [3.63, 3.8) is 0 Å². The van der Waals surface area contributed by atoms with E-state index < -0.39 is 64.4 Å². The van der Waals surface area contributed by atoms with Gasteiger partial charge in [-0.25, -0.2) is 4.90 Å². The maximum absolute atomic E-state index is 13.5. The first-order valence-electron chi connectivity index (χ1n) is 5.88. The monoisotopic (exact) mass is 460 g/mol. The van der Waals surface area contributed by atoms with Crippen LogP contribution in [0.5, 0.6) is 0 Å². The Morgan fingerprint density at radius 2 is 0.929 bits per heavy atom. The average Bonchev–Trinajstić information content (AvgIpc) is 2.30. The molecule has 0 bridgehead atoms. The molecular formula is C9HF17N2. The third-order valence-electron chi connectivity index (χ3n) is 2.97. The van der Waals surface area contributed by atoms with Crippen LogP contribution >= 0.6 is 0 Å². The van der Waals surface area contributed by atoms with E-state index in [1.165, 1.54) is 0 Å². The van der Waals surface area contributed by atoms with E-state index in [0.29, 0.717) is 0 Å². The molecule has 0 aliphatic carbocycles. The van der Waals surface area contributed by atoms with Crippen LogP contribution in [0.25, 0.3) is 0 Å². The van der Waals surface area contributed by atoms with Crippen molar-refractivity contribution in [3.8, 4) is 0 Å². The summed E-state index contributed by atoms with van der Waals surface area (Å²) in [7, 11) is 0. The minimum absolute atomic E-state index is 2.25. The minimum atomic E-state index is -7.77. The summed E-state index contributed by atoms with van der Waals surface area (Å²) in [6, 6.07) is -38.0. The van der Waals surface area contributed by atoms with Gasteiger partial charge in [0.2, 0.25) is 5.95 Å². The predicted molar refractivity (Wildman–Crippen MR) is 49.7 cm³/mol. The zero-order valence-corrected chi connectivity index (χ0v) is 11.9. The van der Waals surface area contributed by atoms with Crippen LogP contribution in [-0.2, 0) is 0 Å². The van der Waals surface area contributed by atoms with Crippen molar-refractivity contribution < 1.29 is 74.6 Å². The van der Waals surface area contributed by atoms with Gasteiger partial charge in [-0.2, -0.15) is 74.6 Å². The SMILES string of the molecule is F/C(=C/C(F)(F)F)N1C(F)(F)C(F)(F)N(C(F)(F)C(F)(F)F)C(F)(F)C1(F)F. The number of rotatable bonds is 2. The van der Waals surface area contributed by atoms with Crippen molar-refractivity contribution in [2.75, 3.05) is 0 Å². The number of hydrogen-bond donors (Lipinski definition) is 0. The van der Waals surface area contributed by atoms with E-state index in [9.17, 15) is 74.6 Å². The topological polar surface area (TPSA) is 6.48 Å². The van der Waals surface area contributed by atoms with E-state index in [1.54, 1.807) is 0 Å². The number of allylic oxidation sites excluding steroid dienone is 1. The lowest BCUT2D eigenvalue weighted by Crippen LogP contribution is -2.84. The maximum atomic E-state index is 13.5. The molecule has 28 heavy (non-hydrogen) atoms. The lowest BCUT2D eigenvalue weighted by Gasteiger charge is -2.54. The molecule has 0 aromatic rings. The van der Waals surface area contributed by atoms with Gasteiger partial charge in [0.05, 0.1) is 6.08 Å². The lowest BCUT2D eigenvalue weighted by molar-refractivity contribution is -0.552. The molecule has 0 N–H and O–H groups in total. The fourth-order valence-electron chi connectivity index (χ4n) is 1.84. The highest BCUT2D eigenvalue weighted by Crippen LogP contribution is 2.63. The molecule has 0 spiro atoms. The zero-order chi connectivity index (χ0) is 22.9. The van der Waals surface area contributed by atoms with Crippen molar-refractivity contribution in [2.45, 2.75) is 42.6 Å². The first-order chi connectivity index (χ1) is 11.9. The fraction of sp³-hybridized carbons (Fsp3) is 0.778. The van der Waals surface area contributed by atoms with Gasteiger partial charge in [0.1, 0.15) is 0 Å². The maximum Gasteiger partial charge on any atom is 0.469 e. The van der Waals surface area contributed by atoms with E-state index in [2.05, 4.69) is 0 Å². The van der Waals surface area contributed by atoms with Crippen LogP contribution in [0.1, 0.15) is 0 Å². The summed E-state index contributed by atoms with van der Waals surface area (Å²) in [6.07, 6.45) is -16.0.